The van der Waals surface area contributed by atoms with E-state index in [4.69, 9.17) is 4.42 Å². The third-order valence-electron chi connectivity index (χ3n) is 3.17. The lowest BCUT2D eigenvalue weighted by molar-refractivity contribution is 0.463. The van der Waals surface area contributed by atoms with E-state index in [1.807, 2.05) is 26.8 Å². The Kier molecular flexibility index (Phi) is 8.68. The third kappa shape index (κ3) is 6.39. The van der Waals surface area contributed by atoms with Gasteiger partial charge in [0.25, 0.3) is 0 Å². The van der Waals surface area contributed by atoms with Crippen LogP contribution in [0.5, 0.6) is 0 Å². The predicted octanol–water partition coefficient (Wildman–Crippen LogP) is 4.07. The quantitative estimate of drug-likeness (QED) is 0.361. The number of halogens is 3. The van der Waals surface area contributed by atoms with Crippen molar-refractivity contribution in [2.75, 3.05) is 6.54 Å². The second-order valence-corrected chi connectivity index (χ2v) is 5.99. The molecule has 2 rings (SSSR count). The third-order valence-corrected chi connectivity index (χ3v) is 3.62. The van der Waals surface area contributed by atoms with Crippen molar-refractivity contribution in [3.05, 3.63) is 51.4 Å². The van der Waals surface area contributed by atoms with Crippen molar-refractivity contribution >= 4 is 45.9 Å². The Morgan fingerprint density at radius 2 is 2.04 bits per heavy atom. The van der Waals surface area contributed by atoms with Crippen molar-refractivity contribution in [3.63, 3.8) is 0 Å². The zero-order chi connectivity index (χ0) is 16.8. The number of nitrogens with zero attached hydrogens (tertiary/aromatic N) is 2. The minimum absolute atomic E-state index is 0. The highest BCUT2D eigenvalue weighted by molar-refractivity contribution is 14.0. The molecule has 1 aromatic carbocycles. The minimum Gasteiger partial charge on any atom is -0.444 e. The Bertz CT molecular complexity index is 666. The summed E-state index contributed by atoms with van der Waals surface area (Å²) in [4.78, 5) is 8.76. The monoisotopic (exact) mass is 510 g/mol. The molecule has 0 aliphatic heterocycles. The van der Waals surface area contributed by atoms with Gasteiger partial charge in [-0.15, -0.1) is 24.0 Å². The van der Waals surface area contributed by atoms with E-state index in [0.717, 1.165) is 23.6 Å². The van der Waals surface area contributed by atoms with Gasteiger partial charge in [0.15, 0.2) is 5.96 Å². The summed E-state index contributed by atoms with van der Waals surface area (Å²) in [5.41, 5.74) is 1.67. The zero-order valence-electron chi connectivity index (χ0n) is 13.8. The largest absolute Gasteiger partial charge is 0.444 e. The Hall–Kier alpha value is -1.16. The highest BCUT2D eigenvalue weighted by Gasteiger charge is 2.06. The van der Waals surface area contributed by atoms with Crippen molar-refractivity contribution < 1.29 is 8.81 Å². The number of guanidine groups is 1. The normalized spacial score (nSPS) is 11.1. The first-order chi connectivity index (χ1) is 11.0. The Morgan fingerprint density at radius 1 is 1.29 bits per heavy atom. The van der Waals surface area contributed by atoms with Crippen LogP contribution in [0.3, 0.4) is 0 Å². The number of aliphatic imine (C=N–C) groups is 1. The molecule has 24 heavy (non-hydrogen) atoms. The summed E-state index contributed by atoms with van der Waals surface area (Å²) in [5, 5.41) is 6.29. The number of oxazole rings is 1. The number of nitrogens with one attached hydrogen (secondary N) is 2. The zero-order valence-corrected chi connectivity index (χ0v) is 17.7. The molecule has 0 fully saturated rings. The molecule has 132 valence electrons. The maximum absolute atomic E-state index is 13.4. The van der Waals surface area contributed by atoms with Gasteiger partial charge in [0.1, 0.15) is 11.6 Å². The summed E-state index contributed by atoms with van der Waals surface area (Å²) in [7, 11) is 0. The van der Waals surface area contributed by atoms with Crippen LogP contribution < -0.4 is 10.6 Å². The van der Waals surface area contributed by atoms with E-state index in [-0.39, 0.29) is 29.8 Å². The van der Waals surface area contributed by atoms with Crippen LogP contribution in [-0.4, -0.2) is 17.5 Å². The highest BCUT2D eigenvalue weighted by atomic mass is 127. The first-order valence-electron chi connectivity index (χ1n) is 7.38. The molecule has 0 amide bonds. The fraction of sp³-hybridized carbons (Fsp3) is 0.375. The number of benzene rings is 1. The van der Waals surface area contributed by atoms with Crippen molar-refractivity contribution in [2.45, 2.75) is 33.9 Å². The van der Waals surface area contributed by atoms with Crippen LogP contribution in [0.2, 0.25) is 0 Å². The summed E-state index contributed by atoms with van der Waals surface area (Å²) in [6, 6.07) is 4.74. The summed E-state index contributed by atoms with van der Waals surface area (Å²) >= 11 is 3.28. The van der Waals surface area contributed by atoms with Crippen LogP contribution in [-0.2, 0) is 13.1 Å². The average molecular weight is 511 g/mol. The Balaban J connectivity index is 0.00000288. The fourth-order valence-electron chi connectivity index (χ4n) is 1.99. The summed E-state index contributed by atoms with van der Waals surface area (Å²) in [6.45, 7) is 7.30. The van der Waals surface area contributed by atoms with Crippen LogP contribution in [0.4, 0.5) is 4.39 Å². The maximum atomic E-state index is 13.4. The summed E-state index contributed by atoms with van der Waals surface area (Å²) in [5.74, 6) is 1.77. The molecule has 5 nitrogen and oxygen atoms in total. The molecule has 0 unspecified atom stereocenters. The van der Waals surface area contributed by atoms with E-state index in [1.165, 1.54) is 12.1 Å². The minimum atomic E-state index is -0.284. The average Bonchev–Trinajstić information content (AvgIpc) is 2.80. The molecule has 8 heteroatoms. The molecule has 1 heterocycles. The van der Waals surface area contributed by atoms with Gasteiger partial charge in [0.2, 0.25) is 5.89 Å². The smallest absolute Gasteiger partial charge is 0.214 e. The lowest BCUT2D eigenvalue weighted by Gasteiger charge is -2.10. The topological polar surface area (TPSA) is 62.5 Å². The number of aryl methyl sites for hydroxylation is 2. The first-order valence-corrected chi connectivity index (χ1v) is 8.17. The molecule has 0 aliphatic rings. The highest BCUT2D eigenvalue weighted by Crippen LogP contribution is 2.15. The molecule has 0 atom stereocenters. The van der Waals surface area contributed by atoms with E-state index in [9.17, 15) is 4.39 Å². The number of hydrogen-bond donors (Lipinski definition) is 2. The molecule has 0 spiro atoms. The van der Waals surface area contributed by atoms with Gasteiger partial charge in [-0.2, -0.15) is 0 Å². The predicted molar refractivity (Wildman–Crippen MR) is 107 cm³/mol. The molecule has 2 aromatic rings. The van der Waals surface area contributed by atoms with E-state index in [2.05, 4.69) is 36.5 Å². The molecular weight excluding hydrogens is 490 g/mol. The van der Waals surface area contributed by atoms with E-state index in [1.54, 1.807) is 0 Å². The fourth-order valence-corrected chi connectivity index (χ4v) is 2.50. The van der Waals surface area contributed by atoms with Crippen LogP contribution >= 0.6 is 39.9 Å². The van der Waals surface area contributed by atoms with Crippen molar-refractivity contribution in [3.8, 4) is 0 Å². The first kappa shape index (κ1) is 20.9. The second kappa shape index (κ2) is 9.97. The molecule has 2 N–H and O–H groups in total. The van der Waals surface area contributed by atoms with Gasteiger partial charge in [0.05, 0.1) is 18.8 Å². The molecule has 0 radical (unpaired) electrons. The lowest BCUT2D eigenvalue weighted by atomic mass is 10.2. The van der Waals surface area contributed by atoms with Crippen molar-refractivity contribution in [1.29, 1.82) is 0 Å². The van der Waals surface area contributed by atoms with E-state index >= 15 is 0 Å². The van der Waals surface area contributed by atoms with Crippen LogP contribution in [0, 0.1) is 19.7 Å². The van der Waals surface area contributed by atoms with Crippen molar-refractivity contribution in [2.24, 2.45) is 4.99 Å². The standard InChI is InChI=1S/C16H20BrFN4O.HI/c1-4-19-16(21-9-15-22-10(2)11(3)23-15)20-8-12-5-13(17)7-14(18)6-12;/h5-7H,4,8-9H2,1-3H3,(H2,19,20,21);1H. The van der Waals surface area contributed by atoms with Gasteiger partial charge in [-0.3, -0.25) is 0 Å². The number of rotatable bonds is 5. The van der Waals surface area contributed by atoms with Crippen LogP contribution in [0.25, 0.3) is 0 Å². The lowest BCUT2D eigenvalue weighted by Crippen LogP contribution is -2.36. The van der Waals surface area contributed by atoms with Crippen LogP contribution in [0.1, 0.15) is 29.8 Å². The van der Waals surface area contributed by atoms with Gasteiger partial charge < -0.3 is 15.1 Å². The molecule has 0 bridgehead atoms. The van der Waals surface area contributed by atoms with E-state index in [0.29, 0.717) is 29.4 Å². The molecule has 1 aromatic heterocycles. The molecular formula is C16H21BrFIN4O. The van der Waals surface area contributed by atoms with Gasteiger partial charge in [-0.1, -0.05) is 15.9 Å². The van der Waals surface area contributed by atoms with Gasteiger partial charge in [-0.05, 0) is 44.5 Å². The van der Waals surface area contributed by atoms with Crippen LogP contribution in [0.15, 0.2) is 32.1 Å². The van der Waals surface area contributed by atoms with Gasteiger partial charge in [0, 0.05) is 11.0 Å². The van der Waals surface area contributed by atoms with Gasteiger partial charge in [-0.25, -0.2) is 14.4 Å². The Morgan fingerprint density at radius 3 is 2.62 bits per heavy atom. The van der Waals surface area contributed by atoms with E-state index < -0.39 is 0 Å². The molecule has 0 aliphatic carbocycles. The summed E-state index contributed by atoms with van der Waals surface area (Å²) < 4.78 is 19.6. The molecule has 0 saturated heterocycles. The molecule has 0 saturated carbocycles. The van der Waals surface area contributed by atoms with Gasteiger partial charge >= 0.3 is 0 Å². The Labute approximate surface area is 166 Å². The SMILES string of the molecule is CCNC(=NCc1cc(F)cc(Br)c1)NCc1nc(C)c(C)o1.I. The maximum Gasteiger partial charge on any atom is 0.214 e. The van der Waals surface area contributed by atoms with Crippen molar-refractivity contribution in [1.82, 2.24) is 15.6 Å². The number of hydrogen-bond acceptors (Lipinski definition) is 3. The number of aromatic nitrogens is 1. The second-order valence-electron chi connectivity index (χ2n) is 5.08. The summed E-state index contributed by atoms with van der Waals surface area (Å²) in [6.07, 6.45) is 0.